The summed E-state index contributed by atoms with van der Waals surface area (Å²) in [6.07, 6.45) is 5.24. The Balaban J connectivity index is 2.05. The molecule has 0 atom stereocenters. The van der Waals surface area contributed by atoms with Gasteiger partial charge in [-0.3, -0.25) is 0 Å². The highest BCUT2D eigenvalue weighted by molar-refractivity contribution is 8.00. The molecule has 0 aliphatic heterocycles. The third-order valence-corrected chi connectivity index (χ3v) is 3.78. The number of aryl methyl sites for hydroxylation is 1. The minimum atomic E-state index is 0.641. The number of benzene rings is 1. The van der Waals surface area contributed by atoms with Crippen LogP contribution in [-0.2, 0) is 11.2 Å². The van der Waals surface area contributed by atoms with Gasteiger partial charge in [0.25, 0.3) is 0 Å². The summed E-state index contributed by atoms with van der Waals surface area (Å²) in [5.74, 6) is 0. The Hall–Kier alpha value is -0.760. The molecule has 0 heterocycles. The molecule has 1 fully saturated rings. The molecule has 1 aliphatic carbocycles. The van der Waals surface area contributed by atoms with Crippen LogP contribution >= 0.6 is 11.8 Å². The van der Waals surface area contributed by atoms with E-state index in [0.29, 0.717) is 6.42 Å². The van der Waals surface area contributed by atoms with Gasteiger partial charge in [-0.05, 0) is 30.9 Å². The Morgan fingerprint density at radius 2 is 2.14 bits per heavy atom. The molecule has 0 unspecified atom stereocenters. The van der Waals surface area contributed by atoms with Crippen molar-refractivity contribution >= 4 is 18.0 Å². The lowest BCUT2D eigenvalue weighted by Crippen LogP contribution is -1.90. The van der Waals surface area contributed by atoms with E-state index < -0.39 is 0 Å². The summed E-state index contributed by atoms with van der Waals surface area (Å²) >= 11 is 1.97. The van der Waals surface area contributed by atoms with E-state index in [0.717, 1.165) is 18.0 Å². The normalized spacial score (nSPS) is 15.4. The van der Waals surface area contributed by atoms with E-state index >= 15 is 0 Å². The lowest BCUT2D eigenvalue weighted by molar-refractivity contribution is -0.107. The second-order valence-corrected chi connectivity index (χ2v) is 4.97. The van der Waals surface area contributed by atoms with Crippen molar-refractivity contribution in [1.82, 2.24) is 0 Å². The fraction of sp³-hybridized carbons (Fsp3) is 0.417. The van der Waals surface area contributed by atoms with Crippen molar-refractivity contribution in [2.75, 3.05) is 0 Å². The van der Waals surface area contributed by atoms with Crippen molar-refractivity contribution in [3.63, 3.8) is 0 Å². The Morgan fingerprint density at radius 1 is 1.36 bits per heavy atom. The van der Waals surface area contributed by atoms with Crippen molar-refractivity contribution < 1.29 is 4.79 Å². The van der Waals surface area contributed by atoms with Gasteiger partial charge >= 0.3 is 0 Å². The molecule has 2 heteroatoms. The van der Waals surface area contributed by atoms with Gasteiger partial charge in [-0.25, -0.2) is 0 Å². The van der Waals surface area contributed by atoms with Crippen molar-refractivity contribution in [3.8, 4) is 0 Å². The second-order valence-electron chi connectivity index (χ2n) is 3.63. The molecule has 0 aromatic heterocycles. The zero-order chi connectivity index (χ0) is 9.80. The molecule has 0 bridgehead atoms. The molecule has 1 saturated carbocycles. The molecular weight excluding hydrogens is 192 g/mol. The van der Waals surface area contributed by atoms with Gasteiger partial charge in [0.05, 0.1) is 0 Å². The Bertz CT molecular complexity index is 318. The topological polar surface area (TPSA) is 17.1 Å². The average molecular weight is 206 g/mol. The molecule has 14 heavy (non-hydrogen) atoms. The first-order chi connectivity index (χ1) is 6.90. The fourth-order valence-electron chi connectivity index (χ4n) is 1.41. The van der Waals surface area contributed by atoms with Crippen LogP contribution in [0, 0.1) is 0 Å². The summed E-state index contributed by atoms with van der Waals surface area (Å²) < 4.78 is 0. The SMILES string of the molecule is O=CCCc1ccccc1SC1CC1. The molecular formula is C12H14OS. The van der Waals surface area contributed by atoms with Crippen LogP contribution in [0.1, 0.15) is 24.8 Å². The number of hydrogen-bond acceptors (Lipinski definition) is 2. The van der Waals surface area contributed by atoms with Crippen LogP contribution in [0.25, 0.3) is 0 Å². The van der Waals surface area contributed by atoms with Crippen molar-refractivity contribution in [2.24, 2.45) is 0 Å². The molecule has 0 N–H and O–H groups in total. The molecule has 1 aromatic carbocycles. The number of rotatable bonds is 5. The summed E-state index contributed by atoms with van der Waals surface area (Å²) in [5.41, 5.74) is 1.33. The third-order valence-electron chi connectivity index (χ3n) is 2.32. The Labute approximate surface area is 88.9 Å². The van der Waals surface area contributed by atoms with Gasteiger partial charge < -0.3 is 4.79 Å². The van der Waals surface area contributed by atoms with E-state index in [2.05, 4.69) is 24.3 Å². The van der Waals surface area contributed by atoms with Crippen LogP contribution < -0.4 is 0 Å². The quantitative estimate of drug-likeness (QED) is 0.689. The van der Waals surface area contributed by atoms with Gasteiger partial charge in [-0.2, -0.15) is 0 Å². The molecule has 1 aromatic rings. The Kier molecular flexibility index (Phi) is 3.25. The summed E-state index contributed by atoms with van der Waals surface area (Å²) in [4.78, 5) is 11.7. The van der Waals surface area contributed by atoms with E-state index in [1.54, 1.807) is 0 Å². The van der Waals surface area contributed by atoms with Gasteiger partial charge in [-0.15, -0.1) is 11.8 Å². The fourth-order valence-corrected chi connectivity index (χ4v) is 2.61. The van der Waals surface area contributed by atoms with Crippen molar-refractivity contribution in [1.29, 1.82) is 0 Å². The maximum atomic E-state index is 10.3. The maximum absolute atomic E-state index is 10.3. The molecule has 1 nitrogen and oxygen atoms in total. The molecule has 2 rings (SSSR count). The first-order valence-corrected chi connectivity index (χ1v) is 5.96. The average Bonchev–Trinajstić information content (AvgIpc) is 3.01. The van der Waals surface area contributed by atoms with E-state index in [9.17, 15) is 4.79 Å². The third kappa shape index (κ3) is 2.61. The predicted molar refractivity (Wildman–Crippen MR) is 59.7 cm³/mol. The first-order valence-electron chi connectivity index (χ1n) is 5.08. The van der Waals surface area contributed by atoms with Gasteiger partial charge in [0.2, 0.25) is 0 Å². The summed E-state index contributed by atoms with van der Waals surface area (Å²) in [5, 5.41) is 0.840. The highest BCUT2D eigenvalue weighted by Crippen LogP contribution is 2.40. The minimum absolute atomic E-state index is 0.641. The molecule has 0 spiro atoms. The number of thioether (sulfide) groups is 1. The van der Waals surface area contributed by atoms with Crippen LogP contribution in [-0.4, -0.2) is 11.5 Å². The largest absolute Gasteiger partial charge is 0.303 e. The summed E-state index contributed by atoms with van der Waals surface area (Å²) in [6, 6.07) is 8.43. The number of carbonyl (C=O) groups excluding carboxylic acids is 1. The predicted octanol–water partition coefficient (Wildman–Crippen LogP) is 3.07. The maximum Gasteiger partial charge on any atom is 0.120 e. The van der Waals surface area contributed by atoms with Crippen LogP contribution in [0.4, 0.5) is 0 Å². The second kappa shape index (κ2) is 4.65. The van der Waals surface area contributed by atoms with E-state index in [4.69, 9.17) is 0 Å². The lowest BCUT2D eigenvalue weighted by atomic mass is 10.1. The minimum Gasteiger partial charge on any atom is -0.303 e. The van der Waals surface area contributed by atoms with E-state index in [-0.39, 0.29) is 0 Å². The monoisotopic (exact) mass is 206 g/mol. The van der Waals surface area contributed by atoms with Crippen LogP contribution in [0.5, 0.6) is 0 Å². The summed E-state index contributed by atoms with van der Waals surface area (Å²) in [6.45, 7) is 0. The molecule has 1 aliphatic rings. The number of carbonyl (C=O) groups is 1. The van der Waals surface area contributed by atoms with Gasteiger partial charge in [0.1, 0.15) is 6.29 Å². The zero-order valence-electron chi connectivity index (χ0n) is 8.11. The van der Waals surface area contributed by atoms with Gasteiger partial charge in [-0.1, -0.05) is 18.2 Å². The van der Waals surface area contributed by atoms with Crippen LogP contribution in [0.3, 0.4) is 0 Å². The highest BCUT2D eigenvalue weighted by atomic mass is 32.2. The number of aldehydes is 1. The van der Waals surface area contributed by atoms with Crippen LogP contribution in [0.15, 0.2) is 29.2 Å². The smallest absolute Gasteiger partial charge is 0.120 e. The lowest BCUT2D eigenvalue weighted by Gasteiger charge is -2.06. The van der Waals surface area contributed by atoms with Crippen molar-refractivity contribution in [3.05, 3.63) is 29.8 Å². The Morgan fingerprint density at radius 3 is 2.86 bits per heavy atom. The first kappa shape index (κ1) is 9.78. The van der Waals surface area contributed by atoms with E-state index in [1.807, 2.05) is 11.8 Å². The zero-order valence-corrected chi connectivity index (χ0v) is 8.93. The van der Waals surface area contributed by atoms with Crippen molar-refractivity contribution in [2.45, 2.75) is 35.8 Å². The molecule has 0 saturated heterocycles. The molecule has 0 radical (unpaired) electrons. The highest BCUT2D eigenvalue weighted by Gasteiger charge is 2.23. The number of hydrogen-bond donors (Lipinski definition) is 0. The summed E-state index contributed by atoms with van der Waals surface area (Å²) in [7, 11) is 0. The molecule has 0 amide bonds. The standard InChI is InChI=1S/C12H14OS/c13-9-3-5-10-4-1-2-6-12(10)14-11-7-8-11/h1-2,4,6,9,11H,3,5,7-8H2. The molecule has 74 valence electrons. The van der Waals surface area contributed by atoms with Gasteiger partial charge in [0, 0.05) is 16.6 Å². The van der Waals surface area contributed by atoms with Gasteiger partial charge in [0.15, 0.2) is 0 Å². The van der Waals surface area contributed by atoms with E-state index in [1.165, 1.54) is 23.3 Å². The van der Waals surface area contributed by atoms with Crippen LogP contribution in [0.2, 0.25) is 0 Å².